The number of rotatable bonds is 6. The fourth-order valence-electron chi connectivity index (χ4n) is 3.48. The van der Waals surface area contributed by atoms with E-state index in [1.165, 1.54) is 32.1 Å². The molecule has 0 bridgehead atoms. The first-order chi connectivity index (χ1) is 10.7. The van der Waals surface area contributed by atoms with Crippen LogP contribution in [0.5, 0.6) is 0 Å². The van der Waals surface area contributed by atoms with Gasteiger partial charge in [-0.05, 0) is 25.7 Å². The van der Waals surface area contributed by atoms with Gasteiger partial charge in [0.2, 0.25) is 5.91 Å². The highest BCUT2D eigenvalue weighted by molar-refractivity contribution is 14.0. The van der Waals surface area contributed by atoms with E-state index >= 15 is 0 Å². The molecule has 134 valence electrons. The van der Waals surface area contributed by atoms with Gasteiger partial charge >= 0.3 is 0 Å². The first kappa shape index (κ1) is 20.5. The molecule has 2 aliphatic rings. The molecule has 1 saturated carbocycles. The molecule has 0 aromatic heterocycles. The van der Waals surface area contributed by atoms with Crippen molar-refractivity contribution in [2.45, 2.75) is 64.3 Å². The summed E-state index contributed by atoms with van der Waals surface area (Å²) in [4.78, 5) is 18.8. The van der Waals surface area contributed by atoms with Crippen molar-refractivity contribution >= 4 is 35.8 Å². The molecule has 1 unspecified atom stereocenters. The number of carbonyl (C=O) groups excluding carboxylic acids is 1. The van der Waals surface area contributed by atoms with E-state index in [0.29, 0.717) is 17.9 Å². The predicted octanol–water partition coefficient (Wildman–Crippen LogP) is 2.75. The maximum absolute atomic E-state index is 12.4. The zero-order valence-electron chi connectivity index (χ0n) is 14.6. The van der Waals surface area contributed by atoms with E-state index in [2.05, 4.69) is 27.4 Å². The average Bonchev–Trinajstić information content (AvgIpc) is 3.21. The first-order valence-electron chi connectivity index (χ1n) is 9.00. The molecule has 0 spiro atoms. The Bertz CT molecular complexity index is 383. The summed E-state index contributed by atoms with van der Waals surface area (Å²) in [5, 5.41) is 6.83. The summed E-state index contributed by atoms with van der Waals surface area (Å²) >= 11 is 0. The van der Waals surface area contributed by atoms with Gasteiger partial charge in [0, 0.05) is 38.6 Å². The molecule has 1 aliphatic heterocycles. The molecule has 0 aromatic carbocycles. The number of halogens is 1. The van der Waals surface area contributed by atoms with Crippen LogP contribution in [0, 0.1) is 5.92 Å². The summed E-state index contributed by atoms with van der Waals surface area (Å²) < 4.78 is 0. The zero-order chi connectivity index (χ0) is 15.8. The number of nitrogens with one attached hydrogen (secondary N) is 2. The highest BCUT2D eigenvalue weighted by Gasteiger charge is 2.32. The first-order valence-corrected chi connectivity index (χ1v) is 9.00. The van der Waals surface area contributed by atoms with Gasteiger partial charge in [0.05, 0.1) is 0 Å². The third kappa shape index (κ3) is 6.47. The van der Waals surface area contributed by atoms with Gasteiger partial charge in [-0.2, -0.15) is 0 Å². The topological polar surface area (TPSA) is 56.7 Å². The lowest BCUT2D eigenvalue weighted by Gasteiger charge is -2.21. The van der Waals surface area contributed by atoms with Gasteiger partial charge < -0.3 is 15.5 Å². The van der Waals surface area contributed by atoms with Crippen LogP contribution in [0.3, 0.4) is 0 Å². The normalized spacial score (nSPS) is 22.1. The number of carbonyl (C=O) groups is 1. The molecule has 1 saturated heterocycles. The Kier molecular flexibility index (Phi) is 9.90. The highest BCUT2D eigenvalue weighted by atomic mass is 127. The SMILES string of the molecule is CCCCCNC(=NC)NC1CCN(C(=O)C2CCCC2)C1.I. The lowest BCUT2D eigenvalue weighted by molar-refractivity contribution is -0.134. The number of guanidine groups is 1. The molecule has 2 N–H and O–H groups in total. The second-order valence-corrected chi connectivity index (χ2v) is 6.60. The van der Waals surface area contributed by atoms with Gasteiger partial charge in [-0.15, -0.1) is 24.0 Å². The summed E-state index contributed by atoms with van der Waals surface area (Å²) in [6, 6.07) is 0.336. The molecule has 1 heterocycles. The number of aliphatic imine (C=N–C) groups is 1. The molecule has 2 rings (SSSR count). The Labute approximate surface area is 158 Å². The molecule has 2 fully saturated rings. The van der Waals surface area contributed by atoms with Crippen LogP contribution >= 0.6 is 24.0 Å². The Morgan fingerprint density at radius 1 is 1.22 bits per heavy atom. The molecule has 0 aromatic rings. The van der Waals surface area contributed by atoms with E-state index in [1.807, 2.05) is 7.05 Å². The Morgan fingerprint density at radius 3 is 2.61 bits per heavy atom. The monoisotopic (exact) mass is 436 g/mol. The quantitative estimate of drug-likeness (QED) is 0.292. The zero-order valence-corrected chi connectivity index (χ0v) is 17.0. The minimum atomic E-state index is 0. The van der Waals surface area contributed by atoms with Crippen molar-refractivity contribution in [3.8, 4) is 0 Å². The number of nitrogens with zero attached hydrogens (tertiary/aromatic N) is 2. The largest absolute Gasteiger partial charge is 0.356 e. The molecule has 1 aliphatic carbocycles. The molecule has 1 amide bonds. The van der Waals surface area contributed by atoms with Crippen molar-refractivity contribution in [3.05, 3.63) is 0 Å². The fourth-order valence-corrected chi connectivity index (χ4v) is 3.48. The van der Waals surface area contributed by atoms with Crippen molar-refractivity contribution < 1.29 is 4.79 Å². The van der Waals surface area contributed by atoms with Gasteiger partial charge in [0.25, 0.3) is 0 Å². The second kappa shape index (κ2) is 11.1. The van der Waals surface area contributed by atoms with E-state index in [9.17, 15) is 4.79 Å². The van der Waals surface area contributed by atoms with Crippen LogP contribution in [0.1, 0.15) is 58.3 Å². The second-order valence-electron chi connectivity index (χ2n) is 6.60. The van der Waals surface area contributed by atoms with E-state index in [-0.39, 0.29) is 24.0 Å². The van der Waals surface area contributed by atoms with Crippen LogP contribution in [0.2, 0.25) is 0 Å². The number of hydrogen-bond acceptors (Lipinski definition) is 2. The minimum Gasteiger partial charge on any atom is -0.356 e. The van der Waals surface area contributed by atoms with Crippen LogP contribution in [0.4, 0.5) is 0 Å². The molecular weight excluding hydrogens is 403 g/mol. The fraction of sp³-hybridized carbons (Fsp3) is 0.882. The van der Waals surface area contributed by atoms with Crippen molar-refractivity contribution in [2.75, 3.05) is 26.7 Å². The third-order valence-corrected chi connectivity index (χ3v) is 4.84. The summed E-state index contributed by atoms with van der Waals surface area (Å²) in [6.07, 6.45) is 9.30. The van der Waals surface area contributed by atoms with Crippen LogP contribution in [0.15, 0.2) is 4.99 Å². The maximum Gasteiger partial charge on any atom is 0.225 e. The van der Waals surface area contributed by atoms with Gasteiger partial charge in [-0.3, -0.25) is 9.79 Å². The van der Waals surface area contributed by atoms with E-state index in [0.717, 1.165) is 44.9 Å². The predicted molar refractivity (Wildman–Crippen MR) is 106 cm³/mol. The maximum atomic E-state index is 12.4. The average molecular weight is 436 g/mol. The minimum absolute atomic E-state index is 0. The van der Waals surface area contributed by atoms with Gasteiger partial charge in [-0.25, -0.2) is 0 Å². The summed E-state index contributed by atoms with van der Waals surface area (Å²) in [7, 11) is 1.81. The Morgan fingerprint density at radius 2 is 1.96 bits per heavy atom. The molecular formula is C17H33IN4O. The van der Waals surface area contributed by atoms with Crippen molar-refractivity contribution in [3.63, 3.8) is 0 Å². The Hall–Kier alpha value is -0.530. The smallest absolute Gasteiger partial charge is 0.225 e. The van der Waals surface area contributed by atoms with Gasteiger partial charge in [0.1, 0.15) is 0 Å². The summed E-state index contributed by atoms with van der Waals surface area (Å²) in [6.45, 7) is 4.89. The van der Waals surface area contributed by atoms with Crippen molar-refractivity contribution in [1.29, 1.82) is 0 Å². The molecule has 23 heavy (non-hydrogen) atoms. The van der Waals surface area contributed by atoms with Gasteiger partial charge in [-0.1, -0.05) is 32.6 Å². The third-order valence-electron chi connectivity index (χ3n) is 4.84. The van der Waals surface area contributed by atoms with Crippen LogP contribution in [0.25, 0.3) is 0 Å². The number of hydrogen-bond donors (Lipinski definition) is 2. The lowest BCUT2D eigenvalue weighted by atomic mass is 10.1. The number of likely N-dealkylation sites (tertiary alicyclic amines) is 1. The van der Waals surface area contributed by atoms with E-state index in [1.54, 1.807) is 0 Å². The van der Waals surface area contributed by atoms with Crippen LogP contribution in [-0.2, 0) is 4.79 Å². The molecule has 1 atom stereocenters. The number of amides is 1. The molecule has 5 nitrogen and oxygen atoms in total. The van der Waals surface area contributed by atoms with Crippen molar-refractivity contribution in [1.82, 2.24) is 15.5 Å². The van der Waals surface area contributed by atoms with E-state index < -0.39 is 0 Å². The lowest BCUT2D eigenvalue weighted by Crippen LogP contribution is -2.45. The van der Waals surface area contributed by atoms with Crippen LogP contribution in [-0.4, -0.2) is 49.5 Å². The molecule has 0 radical (unpaired) electrons. The Balaban J connectivity index is 0.00000264. The molecule has 6 heteroatoms. The highest BCUT2D eigenvalue weighted by Crippen LogP contribution is 2.27. The van der Waals surface area contributed by atoms with Gasteiger partial charge in [0.15, 0.2) is 5.96 Å². The standard InChI is InChI=1S/C17H32N4O.HI/c1-3-4-7-11-19-17(18-2)20-15-10-12-21(13-15)16(22)14-8-5-6-9-14;/h14-15H,3-13H2,1-2H3,(H2,18,19,20);1H. The number of unbranched alkanes of at least 4 members (excludes halogenated alkanes) is 2. The van der Waals surface area contributed by atoms with E-state index in [4.69, 9.17) is 0 Å². The summed E-state index contributed by atoms with van der Waals surface area (Å²) in [5.41, 5.74) is 0. The summed E-state index contributed by atoms with van der Waals surface area (Å²) in [5.74, 6) is 1.55. The van der Waals surface area contributed by atoms with Crippen molar-refractivity contribution in [2.24, 2.45) is 10.9 Å². The van der Waals surface area contributed by atoms with Crippen LogP contribution < -0.4 is 10.6 Å².